The molecule has 0 aliphatic carbocycles. The number of hydrogen-bond acceptors (Lipinski definition) is 6. The van der Waals surface area contributed by atoms with E-state index >= 15 is 0 Å². The van der Waals surface area contributed by atoms with E-state index in [1.54, 1.807) is 12.4 Å². The van der Waals surface area contributed by atoms with Crippen LogP contribution in [0, 0.1) is 0 Å². The molecule has 3 rings (SSSR count). The van der Waals surface area contributed by atoms with Crippen LogP contribution in [0.25, 0.3) is 11.4 Å². The van der Waals surface area contributed by atoms with Crippen LogP contribution in [0.3, 0.4) is 0 Å². The Morgan fingerprint density at radius 2 is 2.08 bits per heavy atom. The summed E-state index contributed by atoms with van der Waals surface area (Å²) >= 11 is 0. The van der Waals surface area contributed by atoms with Crippen LogP contribution < -0.4 is 0 Å². The summed E-state index contributed by atoms with van der Waals surface area (Å²) < 4.78 is 5.34. The molecular weight excluding hydrogens is 352 g/mol. The van der Waals surface area contributed by atoms with Crippen LogP contribution in [0.5, 0.6) is 0 Å². The Bertz CT molecular complexity index is 659. The van der Waals surface area contributed by atoms with E-state index in [0.29, 0.717) is 6.42 Å². The van der Waals surface area contributed by atoms with E-state index in [2.05, 4.69) is 9.97 Å². The lowest BCUT2D eigenvalue weighted by molar-refractivity contribution is -0.145. The highest BCUT2D eigenvalue weighted by molar-refractivity contribution is 8.77. The Labute approximate surface area is 156 Å². The van der Waals surface area contributed by atoms with Gasteiger partial charge in [-0.2, -0.15) is 0 Å². The van der Waals surface area contributed by atoms with Crippen LogP contribution in [0.4, 0.5) is 0 Å². The van der Waals surface area contributed by atoms with E-state index < -0.39 is 0 Å². The lowest BCUT2D eigenvalue weighted by Gasteiger charge is -2.07. The summed E-state index contributed by atoms with van der Waals surface area (Å²) in [6.07, 6.45) is 8.53. The SMILES string of the molecule is O=C(CCCCC1CCSS1)OCc1ccc(-c2ccccn2)nc1. The van der Waals surface area contributed by atoms with E-state index in [0.717, 1.165) is 35.0 Å². The lowest BCUT2D eigenvalue weighted by atomic mass is 10.1. The summed E-state index contributed by atoms with van der Waals surface area (Å²) in [5.74, 6) is 1.15. The molecule has 0 radical (unpaired) electrons. The maximum atomic E-state index is 11.8. The number of rotatable bonds is 8. The Morgan fingerprint density at radius 3 is 2.80 bits per heavy atom. The van der Waals surface area contributed by atoms with Gasteiger partial charge in [-0.05, 0) is 37.5 Å². The minimum absolute atomic E-state index is 0.123. The van der Waals surface area contributed by atoms with E-state index in [4.69, 9.17) is 4.74 Å². The summed E-state index contributed by atoms with van der Waals surface area (Å²) in [5, 5.41) is 0.782. The molecule has 4 nitrogen and oxygen atoms in total. The fraction of sp³-hybridized carbons (Fsp3) is 0.421. The molecule has 1 atom stereocenters. The average molecular weight is 375 g/mol. The zero-order valence-electron chi connectivity index (χ0n) is 14.1. The topological polar surface area (TPSA) is 52.1 Å². The number of esters is 1. The molecular formula is C19H22N2O2S2. The summed E-state index contributed by atoms with van der Waals surface area (Å²) in [4.78, 5) is 20.5. The molecule has 25 heavy (non-hydrogen) atoms. The molecule has 1 unspecified atom stereocenters. The average Bonchev–Trinajstić information content (AvgIpc) is 3.18. The van der Waals surface area contributed by atoms with Gasteiger partial charge in [0, 0.05) is 35.4 Å². The first kappa shape index (κ1) is 18.3. The minimum atomic E-state index is -0.123. The molecule has 1 aliphatic heterocycles. The van der Waals surface area contributed by atoms with E-state index in [1.165, 1.54) is 18.6 Å². The smallest absolute Gasteiger partial charge is 0.306 e. The van der Waals surface area contributed by atoms with Gasteiger partial charge in [0.05, 0.1) is 11.4 Å². The predicted molar refractivity (Wildman–Crippen MR) is 104 cm³/mol. The molecule has 3 heterocycles. The second kappa shape index (κ2) is 9.82. The van der Waals surface area contributed by atoms with Crippen molar-refractivity contribution in [1.29, 1.82) is 0 Å². The molecule has 132 valence electrons. The second-order valence-corrected chi connectivity index (χ2v) is 8.79. The number of nitrogens with zero attached hydrogens (tertiary/aromatic N) is 2. The first-order valence-electron chi connectivity index (χ1n) is 8.61. The van der Waals surface area contributed by atoms with Gasteiger partial charge in [-0.1, -0.05) is 40.1 Å². The minimum Gasteiger partial charge on any atom is -0.461 e. The number of ether oxygens (including phenoxy) is 1. The molecule has 0 bridgehead atoms. The highest BCUT2D eigenvalue weighted by Gasteiger charge is 2.16. The van der Waals surface area contributed by atoms with Crippen LogP contribution in [0.15, 0.2) is 42.7 Å². The fourth-order valence-electron chi connectivity index (χ4n) is 2.62. The lowest BCUT2D eigenvalue weighted by Crippen LogP contribution is -2.05. The molecule has 1 saturated heterocycles. The quantitative estimate of drug-likeness (QED) is 0.372. The number of aromatic nitrogens is 2. The largest absolute Gasteiger partial charge is 0.461 e. The van der Waals surface area contributed by atoms with Gasteiger partial charge in [-0.3, -0.25) is 14.8 Å². The van der Waals surface area contributed by atoms with Crippen molar-refractivity contribution in [2.24, 2.45) is 0 Å². The number of carbonyl (C=O) groups excluding carboxylic acids is 1. The Kier molecular flexibility index (Phi) is 7.18. The van der Waals surface area contributed by atoms with Gasteiger partial charge < -0.3 is 4.74 Å². The molecule has 0 aromatic carbocycles. The Morgan fingerprint density at radius 1 is 1.16 bits per heavy atom. The molecule has 0 saturated carbocycles. The molecule has 0 spiro atoms. The van der Waals surface area contributed by atoms with Gasteiger partial charge in [0.25, 0.3) is 0 Å². The van der Waals surface area contributed by atoms with Crippen molar-refractivity contribution < 1.29 is 9.53 Å². The van der Waals surface area contributed by atoms with E-state index in [1.807, 2.05) is 51.9 Å². The highest BCUT2D eigenvalue weighted by Crippen LogP contribution is 2.39. The van der Waals surface area contributed by atoms with Gasteiger partial charge in [-0.25, -0.2) is 0 Å². The van der Waals surface area contributed by atoms with Crippen molar-refractivity contribution in [2.45, 2.75) is 44.0 Å². The summed E-state index contributed by atoms with van der Waals surface area (Å²) in [7, 11) is 3.96. The van der Waals surface area contributed by atoms with Crippen molar-refractivity contribution in [1.82, 2.24) is 9.97 Å². The Hall–Kier alpha value is -1.53. The molecule has 0 N–H and O–H groups in total. The highest BCUT2D eigenvalue weighted by atomic mass is 33.1. The Balaban J connectivity index is 1.35. The van der Waals surface area contributed by atoms with Crippen molar-refractivity contribution in [3.05, 3.63) is 48.3 Å². The van der Waals surface area contributed by atoms with Crippen molar-refractivity contribution in [3.63, 3.8) is 0 Å². The van der Waals surface area contributed by atoms with Crippen molar-refractivity contribution in [3.8, 4) is 11.4 Å². The van der Waals surface area contributed by atoms with Gasteiger partial charge in [-0.15, -0.1) is 0 Å². The summed E-state index contributed by atoms with van der Waals surface area (Å²) in [6.45, 7) is 0.281. The molecule has 1 aliphatic rings. The zero-order chi connectivity index (χ0) is 17.3. The maximum Gasteiger partial charge on any atom is 0.306 e. The molecule has 1 fully saturated rings. The third-order valence-corrected chi connectivity index (χ3v) is 7.04. The fourth-order valence-corrected chi connectivity index (χ4v) is 5.65. The third-order valence-electron chi connectivity index (χ3n) is 4.04. The van der Waals surface area contributed by atoms with Gasteiger partial charge in [0.15, 0.2) is 0 Å². The molecule has 2 aromatic rings. The standard InChI is InChI=1S/C19H22N2O2S2/c22-19(7-2-1-5-16-10-12-24-25-16)23-14-15-8-9-18(21-13-15)17-6-3-4-11-20-17/h3-4,6,8-9,11,13,16H,1-2,5,7,10,12,14H2. The number of unbranched alkanes of at least 4 members (excludes halogenated alkanes) is 1. The van der Waals surface area contributed by atoms with Crippen molar-refractivity contribution in [2.75, 3.05) is 5.75 Å². The van der Waals surface area contributed by atoms with E-state index in [-0.39, 0.29) is 12.6 Å². The predicted octanol–water partition coefficient (Wildman–Crippen LogP) is 4.90. The zero-order valence-corrected chi connectivity index (χ0v) is 15.7. The van der Waals surface area contributed by atoms with Gasteiger partial charge >= 0.3 is 5.97 Å². The summed E-state index contributed by atoms with van der Waals surface area (Å²) in [5.41, 5.74) is 2.55. The second-order valence-electron chi connectivity index (χ2n) is 6.00. The monoisotopic (exact) mass is 374 g/mol. The van der Waals surface area contributed by atoms with E-state index in [9.17, 15) is 4.79 Å². The number of pyridine rings is 2. The van der Waals surface area contributed by atoms with Crippen LogP contribution >= 0.6 is 21.6 Å². The normalized spacial score (nSPS) is 16.7. The van der Waals surface area contributed by atoms with Crippen LogP contribution in [0.2, 0.25) is 0 Å². The summed E-state index contributed by atoms with van der Waals surface area (Å²) in [6, 6.07) is 9.57. The van der Waals surface area contributed by atoms with Crippen LogP contribution in [0.1, 0.15) is 37.7 Å². The first-order valence-corrected chi connectivity index (χ1v) is 11.0. The third kappa shape index (κ3) is 6.04. The molecule has 0 amide bonds. The first-order chi connectivity index (χ1) is 12.3. The molecule has 6 heteroatoms. The van der Waals surface area contributed by atoms with Crippen molar-refractivity contribution >= 4 is 27.6 Å². The van der Waals surface area contributed by atoms with Gasteiger partial charge in [0.1, 0.15) is 6.61 Å². The number of carbonyl (C=O) groups is 1. The maximum absolute atomic E-state index is 11.8. The van der Waals surface area contributed by atoms with Gasteiger partial charge in [0.2, 0.25) is 0 Å². The van der Waals surface area contributed by atoms with Crippen LogP contribution in [-0.4, -0.2) is 26.9 Å². The number of hydrogen-bond donors (Lipinski definition) is 0. The molecule has 2 aromatic heterocycles. The van der Waals surface area contributed by atoms with Crippen LogP contribution in [-0.2, 0) is 16.1 Å².